The van der Waals surface area contributed by atoms with Crippen LogP contribution in [-0.4, -0.2) is 32.9 Å². The summed E-state index contributed by atoms with van der Waals surface area (Å²) in [5.74, 6) is -1.76. The Labute approximate surface area is 160 Å². The highest BCUT2D eigenvalue weighted by atomic mass is 35.5. The molecule has 0 aliphatic heterocycles. The Bertz CT molecular complexity index is 794. The molecule has 2 atom stereocenters. The fourth-order valence-electron chi connectivity index (χ4n) is 2.08. The molecule has 11 heteroatoms. The molecule has 0 spiro atoms. The summed E-state index contributed by atoms with van der Waals surface area (Å²) in [4.78, 5) is 40.5. The summed E-state index contributed by atoms with van der Waals surface area (Å²) in [6.07, 6.45) is 4.77. The number of carboxylic acids is 1. The first-order valence-corrected chi connectivity index (χ1v) is 7.35. The summed E-state index contributed by atoms with van der Waals surface area (Å²) in [6, 6.07) is 5.56. The van der Waals surface area contributed by atoms with Crippen LogP contribution in [0.4, 0.5) is 5.69 Å². The summed E-state index contributed by atoms with van der Waals surface area (Å²) in [5.41, 5.74) is 4.56. The first-order chi connectivity index (χ1) is 12.1. The highest BCUT2D eigenvalue weighted by Gasteiger charge is 2.39. The van der Waals surface area contributed by atoms with E-state index in [9.17, 15) is 29.8 Å². The Morgan fingerprint density at radius 1 is 1.37 bits per heavy atom. The van der Waals surface area contributed by atoms with Crippen molar-refractivity contribution in [3.63, 3.8) is 0 Å². The lowest BCUT2D eigenvalue weighted by Crippen LogP contribution is -2.47. The molecule has 2 unspecified atom stereocenters. The van der Waals surface area contributed by atoms with Crippen LogP contribution in [0.3, 0.4) is 0 Å². The molecule has 0 saturated heterocycles. The Morgan fingerprint density at radius 2 is 2.00 bits per heavy atom. The number of non-ortho nitro benzene ring substituents is 1. The molecule has 1 aliphatic rings. The van der Waals surface area contributed by atoms with Crippen molar-refractivity contribution in [2.45, 2.75) is 19.0 Å². The number of carbonyl (C=O) groups excluding carboxylic acids is 1. The molecule has 0 amide bonds. The summed E-state index contributed by atoms with van der Waals surface area (Å²) in [5, 5.41) is 29.6. The molecule has 0 saturated carbocycles. The lowest BCUT2D eigenvalue weighted by molar-refractivity contribution is -0.554. The average Bonchev–Trinajstić information content (AvgIpc) is 2.61. The van der Waals surface area contributed by atoms with Gasteiger partial charge < -0.3 is 5.11 Å². The lowest BCUT2D eigenvalue weighted by Gasteiger charge is -2.23. The second-order valence-corrected chi connectivity index (χ2v) is 5.56. The molecular formula is C16H18ClN3O7. The van der Waals surface area contributed by atoms with Crippen LogP contribution in [-0.2, 0) is 4.79 Å². The third kappa shape index (κ3) is 6.60. The number of nitro groups is 2. The summed E-state index contributed by atoms with van der Waals surface area (Å²) in [7, 11) is 0. The van der Waals surface area contributed by atoms with Gasteiger partial charge in [0, 0.05) is 28.7 Å². The van der Waals surface area contributed by atoms with Gasteiger partial charge >= 0.3 is 5.97 Å². The third-order valence-corrected chi connectivity index (χ3v) is 3.67. The molecule has 2 rings (SSSR count). The maximum absolute atomic E-state index is 10.7. The van der Waals surface area contributed by atoms with Gasteiger partial charge in [0.25, 0.3) is 11.4 Å². The fourth-order valence-corrected chi connectivity index (χ4v) is 2.08. The van der Waals surface area contributed by atoms with Crippen molar-refractivity contribution in [2.75, 3.05) is 0 Å². The summed E-state index contributed by atoms with van der Waals surface area (Å²) < 4.78 is 0. The highest BCUT2D eigenvalue weighted by Crippen LogP contribution is 2.26. The number of aliphatic carboxylic acids is 1. The SMILES string of the molecule is CC(C(=O)O)C1=CC=CC(N)([N+](=O)[O-])C1.Cl.O=Cc1cccc([N+](=O)[O-])c1. The van der Waals surface area contributed by atoms with Crippen LogP contribution in [0.2, 0.25) is 0 Å². The van der Waals surface area contributed by atoms with Gasteiger partial charge in [-0.2, -0.15) is 0 Å². The van der Waals surface area contributed by atoms with Gasteiger partial charge in [-0.15, -0.1) is 12.4 Å². The zero-order valence-corrected chi connectivity index (χ0v) is 15.0. The maximum Gasteiger partial charge on any atom is 0.310 e. The molecule has 0 heterocycles. The number of halogens is 1. The predicted octanol–water partition coefficient (Wildman–Crippen LogP) is 2.35. The molecule has 0 fully saturated rings. The number of rotatable bonds is 5. The molecule has 0 radical (unpaired) electrons. The Morgan fingerprint density at radius 3 is 2.48 bits per heavy atom. The summed E-state index contributed by atoms with van der Waals surface area (Å²) in [6.45, 7) is 1.48. The zero-order valence-electron chi connectivity index (χ0n) is 14.2. The van der Waals surface area contributed by atoms with Crippen LogP contribution >= 0.6 is 12.4 Å². The van der Waals surface area contributed by atoms with Crippen LogP contribution in [0.25, 0.3) is 0 Å². The molecular weight excluding hydrogens is 382 g/mol. The molecule has 0 bridgehead atoms. The van der Waals surface area contributed by atoms with E-state index in [0.717, 1.165) is 0 Å². The van der Waals surface area contributed by atoms with Gasteiger partial charge in [-0.3, -0.25) is 35.6 Å². The van der Waals surface area contributed by atoms with Gasteiger partial charge in [0.05, 0.1) is 17.3 Å². The van der Waals surface area contributed by atoms with Gasteiger partial charge in [-0.05, 0) is 12.5 Å². The average molecular weight is 400 g/mol. The van der Waals surface area contributed by atoms with Crippen molar-refractivity contribution in [3.05, 3.63) is 73.9 Å². The number of nitrogens with zero attached hydrogens (tertiary/aromatic N) is 2. The van der Waals surface area contributed by atoms with Crippen LogP contribution in [0.15, 0.2) is 48.1 Å². The van der Waals surface area contributed by atoms with E-state index in [2.05, 4.69) is 0 Å². The van der Waals surface area contributed by atoms with E-state index in [-0.39, 0.29) is 24.5 Å². The monoisotopic (exact) mass is 399 g/mol. The van der Waals surface area contributed by atoms with Gasteiger partial charge in [0.1, 0.15) is 6.29 Å². The highest BCUT2D eigenvalue weighted by molar-refractivity contribution is 5.85. The minimum Gasteiger partial charge on any atom is -0.481 e. The quantitative estimate of drug-likeness (QED) is 0.329. The largest absolute Gasteiger partial charge is 0.481 e. The molecule has 0 aromatic heterocycles. The molecule has 1 aliphatic carbocycles. The first-order valence-electron chi connectivity index (χ1n) is 7.35. The number of carboxylic acid groups (broad SMARTS) is 1. The molecule has 1 aromatic carbocycles. The van der Waals surface area contributed by atoms with Crippen molar-refractivity contribution >= 4 is 30.3 Å². The van der Waals surface area contributed by atoms with Crippen molar-refractivity contribution < 1.29 is 24.5 Å². The Hall–Kier alpha value is -3.11. The zero-order chi connectivity index (χ0) is 19.9. The number of hydrogen-bond donors (Lipinski definition) is 2. The number of benzene rings is 1. The maximum atomic E-state index is 10.7. The van der Waals surface area contributed by atoms with E-state index in [1.54, 1.807) is 6.08 Å². The van der Waals surface area contributed by atoms with Crippen molar-refractivity contribution in [1.29, 1.82) is 0 Å². The van der Waals surface area contributed by atoms with E-state index in [4.69, 9.17) is 10.8 Å². The minimum absolute atomic E-state index is 0. The number of nitrogens with two attached hydrogens (primary N) is 1. The Kier molecular flexibility index (Phi) is 8.97. The molecule has 1 aromatic rings. The first kappa shape index (κ1) is 23.9. The molecule has 10 nitrogen and oxygen atoms in total. The van der Waals surface area contributed by atoms with Gasteiger partial charge in [-0.25, -0.2) is 0 Å². The van der Waals surface area contributed by atoms with E-state index >= 15 is 0 Å². The molecule has 146 valence electrons. The number of aldehydes is 1. The normalized spacial score (nSPS) is 18.7. The molecule has 27 heavy (non-hydrogen) atoms. The standard InChI is InChI=1S/C9H12N2O4.C7H5NO3.ClH/c1-6(8(12)13)7-3-2-4-9(10,5-7)11(14)15;9-5-6-2-1-3-7(4-6)8(10)11;/h2-4,6H,5,10H2,1H3,(H,12,13);1-5H;1H. The van der Waals surface area contributed by atoms with E-state index in [1.165, 1.54) is 43.3 Å². The predicted molar refractivity (Wildman–Crippen MR) is 98.3 cm³/mol. The van der Waals surface area contributed by atoms with Crippen LogP contribution in [0.1, 0.15) is 23.7 Å². The lowest BCUT2D eigenvalue weighted by atomic mass is 9.88. The van der Waals surface area contributed by atoms with Crippen LogP contribution in [0.5, 0.6) is 0 Å². The van der Waals surface area contributed by atoms with Gasteiger partial charge in [0.15, 0.2) is 0 Å². The number of nitro benzene ring substituents is 1. The topological polar surface area (TPSA) is 167 Å². The molecule has 3 N–H and O–H groups in total. The smallest absolute Gasteiger partial charge is 0.310 e. The summed E-state index contributed by atoms with van der Waals surface area (Å²) >= 11 is 0. The van der Waals surface area contributed by atoms with Crippen molar-refractivity contribution in [1.82, 2.24) is 0 Å². The minimum atomic E-state index is -1.67. The van der Waals surface area contributed by atoms with E-state index in [0.29, 0.717) is 17.4 Å². The van der Waals surface area contributed by atoms with E-state index < -0.39 is 27.4 Å². The third-order valence-electron chi connectivity index (χ3n) is 3.67. The number of allylic oxidation sites excluding steroid dienone is 2. The fraction of sp³-hybridized carbons (Fsp3) is 0.250. The van der Waals surface area contributed by atoms with Crippen LogP contribution in [0, 0.1) is 26.1 Å². The van der Waals surface area contributed by atoms with Crippen LogP contribution < -0.4 is 5.73 Å². The number of carbonyl (C=O) groups is 2. The van der Waals surface area contributed by atoms with Gasteiger partial charge in [-0.1, -0.05) is 24.3 Å². The van der Waals surface area contributed by atoms with Gasteiger partial charge in [0.2, 0.25) is 0 Å². The second-order valence-electron chi connectivity index (χ2n) is 5.56. The Balaban J connectivity index is 0.000000504. The van der Waals surface area contributed by atoms with E-state index in [1.807, 2.05) is 0 Å². The number of hydrogen-bond acceptors (Lipinski definition) is 7. The van der Waals surface area contributed by atoms with Crippen molar-refractivity contribution in [2.24, 2.45) is 11.7 Å². The van der Waals surface area contributed by atoms with Crippen molar-refractivity contribution in [3.8, 4) is 0 Å². The second kappa shape index (κ2) is 10.1.